The zero-order valence-electron chi connectivity index (χ0n) is 17.1. The van der Waals surface area contributed by atoms with E-state index in [1.807, 2.05) is 0 Å². The van der Waals surface area contributed by atoms with Crippen molar-refractivity contribution in [1.82, 2.24) is 21.3 Å². The molecule has 2 rings (SSSR count). The first-order valence-corrected chi connectivity index (χ1v) is 9.97. The van der Waals surface area contributed by atoms with Gasteiger partial charge in [-0.3, -0.25) is 19.2 Å². The van der Waals surface area contributed by atoms with Gasteiger partial charge in [-0.15, -0.1) is 0 Å². The molecule has 0 radical (unpaired) electrons. The van der Waals surface area contributed by atoms with Crippen LogP contribution in [0.2, 0.25) is 0 Å². The van der Waals surface area contributed by atoms with Crippen molar-refractivity contribution in [3.05, 3.63) is 29.8 Å². The van der Waals surface area contributed by atoms with Crippen LogP contribution in [0, 0.1) is 0 Å². The number of aliphatic hydroxyl groups is 1. The standard InChI is InChI=1S/C20H28N4O7/c1-11(25)17(24-19(30)14-3-2-8-21-14)20(31)23-15(18(29)22-10-16(27)28)9-12-4-6-13(26)7-5-12/h4-7,11,14-15,17,21,25-26H,2-3,8-10H2,1H3,(H,22,29)(H,23,31)(H,24,30)(H,27,28). The Balaban J connectivity index is 2.11. The maximum absolute atomic E-state index is 12.8. The smallest absolute Gasteiger partial charge is 0.322 e. The summed E-state index contributed by atoms with van der Waals surface area (Å²) < 4.78 is 0. The first kappa shape index (κ1) is 24.1. The Bertz CT molecular complexity index is 791. The van der Waals surface area contributed by atoms with E-state index < -0.39 is 54.5 Å². The van der Waals surface area contributed by atoms with Crippen molar-refractivity contribution in [3.8, 4) is 5.75 Å². The molecule has 3 amide bonds. The normalized spacial score (nSPS) is 18.5. The van der Waals surface area contributed by atoms with E-state index in [2.05, 4.69) is 21.3 Å². The number of hydrogen-bond acceptors (Lipinski definition) is 7. The molecule has 1 saturated heterocycles. The topological polar surface area (TPSA) is 177 Å². The van der Waals surface area contributed by atoms with Crippen LogP contribution in [0.4, 0.5) is 0 Å². The van der Waals surface area contributed by atoms with Crippen molar-refractivity contribution in [2.45, 2.75) is 50.4 Å². The summed E-state index contributed by atoms with van der Waals surface area (Å²) in [5, 5.41) is 38.4. The van der Waals surface area contributed by atoms with Crippen molar-refractivity contribution < 1.29 is 34.5 Å². The molecule has 1 fully saturated rings. The van der Waals surface area contributed by atoms with Gasteiger partial charge in [-0.2, -0.15) is 0 Å². The predicted molar refractivity (Wildman–Crippen MR) is 109 cm³/mol. The summed E-state index contributed by atoms with van der Waals surface area (Å²) in [6.45, 7) is 1.39. The van der Waals surface area contributed by atoms with E-state index in [9.17, 15) is 29.4 Å². The van der Waals surface area contributed by atoms with E-state index in [-0.39, 0.29) is 12.2 Å². The average Bonchev–Trinajstić information content (AvgIpc) is 3.25. The van der Waals surface area contributed by atoms with E-state index in [1.54, 1.807) is 12.1 Å². The molecule has 11 nitrogen and oxygen atoms in total. The molecule has 1 aromatic rings. The fourth-order valence-corrected chi connectivity index (χ4v) is 3.19. The monoisotopic (exact) mass is 436 g/mol. The molecule has 31 heavy (non-hydrogen) atoms. The molecule has 4 atom stereocenters. The summed E-state index contributed by atoms with van der Waals surface area (Å²) in [5.41, 5.74) is 0.598. The van der Waals surface area contributed by atoms with Gasteiger partial charge >= 0.3 is 5.97 Å². The number of carboxylic acids is 1. The molecule has 170 valence electrons. The first-order valence-electron chi connectivity index (χ1n) is 9.97. The number of phenolic OH excluding ortho intramolecular Hbond substituents is 1. The number of hydrogen-bond donors (Lipinski definition) is 7. The lowest BCUT2D eigenvalue weighted by Gasteiger charge is -2.25. The van der Waals surface area contributed by atoms with Crippen LogP contribution in [-0.2, 0) is 25.6 Å². The van der Waals surface area contributed by atoms with Crippen LogP contribution in [0.1, 0.15) is 25.3 Å². The minimum Gasteiger partial charge on any atom is -0.508 e. The fourth-order valence-electron chi connectivity index (χ4n) is 3.19. The van der Waals surface area contributed by atoms with E-state index in [4.69, 9.17) is 5.11 Å². The van der Waals surface area contributed by atoms with Gasteiger partial charge in [0.25, 0.3) is 0 Å². The molecule has 0 aromatic heterocycles. The summed E-state index contributed by atoms with van der Waals surface area (Å²) in [6.07, 6.45) is 0.201. The molecule has 7 N–H and O–H groups in total. The second kappa shape index (κ2) is 11.3. The highest BCUT2D eigenvalue weighted by Crippen LogP contribution is 2.12. The third-order valence-corrected chi connectivity index (χ3v) is 4.86. The maximum atomic E-state index is 12.8. The second-order valence-corrected chi connectivity index (χ2v) is 7.42. The van der Waals surface area contributed by atoms with Gasteiger partial charge in [0.2, 0.25) is 17.7 Å². The number of aliphatic carboxylic acids is 1. The summed E-state index contributed by atoms with van der Waals surface area (Å²) in [7, 11) is 0. The van der Waals surface area contributed by atoms with Crippen LogP contribution < -0.4 is 21.3 Å². The maximum Gasteiger partial charge on any atom is 0.322 e. The molecule has 11 heteroatoms. The third-order valence-electron chi connectivity index (χ3n) is 4.86. The van der Waals surface area contributed by atoms with Crippen molar-refractivity contribution in [1.29, 1.82) is 0 Å². The number of carbonyl (C=O) groups excluding carboxylic acids is 3. The largest absolute Gasteiger partial charge is 0.508 e. The Hall–Kier alpha value is -3.18. The number of amides is 3. The number of nitrogens with one attached hydrogen (secondary N) is 4. The minimum absolute atomic E-state index is 0.00211. The fraction of sp³-hybridized carbons (Fsp3) is 0.500. The van der Waals surface area contributed by atoms with Gasteiger partial charge in [0.1, 0.15) is 24.4 Å². The predicted octanol–water partition coefficient (Wildman–Crippen LogP) is -1.76. The molecule has 0 bridgehead atoms. The quantitative estimate of drug-likeness (QED) is 0.225. The van der Waals surface area contributed by atoms with Gasteiger partial charge in [0, 0.05) is 6.42 Å². The van der Waals surface area contributed by atoms with Gasteiger partial charge < -0.3 is 36.6 Å². The van der Waals surface area contributed by atoms with Crippen molar-refractivity contribution >= 4 is 23.7 Å². The van der Waals surface area contributed by atoms with Gasteiger partial charge in [-0.25, -0.2) is 0 Å². The lowest BCUT2D eigenvalue weighted by Crippen LogP contribution is -2.59. The SMILES string of the molecule is CC(O)C(NC(=O)C1CCCN1)C(=O)NC(Cc1ccc(O)cc1)C(=O)NCC(=O)O. The summed E-state index contributed by atoms with van der Waals surface area (Å²) in [5.74, 6) is -3.17. The lowest BCUT2D eigenvalue weighted by molar-refractivity contribution is -0.138. The molecule has 4 unspecified atom stereocenters. The lowest BCUT2D eigenvalue weighted by atomic mass is 10.0. The van der Waals surface area contributed by atoms with Crippen LogP contribution in [0.5, 0.6) is 5.75 Å². The van der Waals surface area contributed by atoms with Crippen molar-refractivity contribution in [2.75, 3.05) is 13.1 Å². The number of benzene rings is 1. The summed E-state index contributed by atoms with van der Waals surface area (Å²) in [6, 6.07) is 3.01. The van der Waals surface area contributed by atoms with Gasteiger partial charge in [0.15, 0.2) is 0 Å². The molecular formula is C20H28N4O7. The van der Waals surface area contributed by atoms with Gasteiger partial charge in [-0.1, -0.05) is 12.1 Å². The van der Waals surface area contributed by atoms with E-state index >= 15 is 0 Å². The highest BCUT2D eigenvalue weighted by atomic mass is 16.4. The van der Waals surface area contributed by atoms with E-state index in [0.29, 0.717) is 18.5 Å². The van der Waals surface area contributed by atoms with Crippen LogP contribution in [-0.4, -0.2) is 76.3 Å². The number of phenols is 1. The Labute approximate surface area is 179 Å². The number of aromatic hydroxyl groups is 1. The highest BCUT2D eigenvalue weighted by molar-refractivity contribution is 5.94. The number of rotatable bonds is 10. The van der Waals surface area contributed by atoms with Crippen LogP contribution in [0.25, 0.3) is 0 Å². The van der Waals surface area contributed by atoms with Crippen LogP contribution >= 0.6 is 0 Å². The highest BCUT2D eigenvalue weighted by Gasteiger charge is 2.32. The summed E-state index contributed by atoms with van der Waals surface area (Å²) in [4.78, 5) is 48.4. The summed E-state index contributed by atoms with van der Waals surface area (Å²) >= 11 is 0. The molecular weight excluding hydrogens is 408 g/mol. The van der Waals surface area contributed by atoms with Crippen molar-refractivity contribution in [3.63, 3.8) is 0 Å². The number of carboxylic acid groups (broad SMARTS) is 1. The Morgan fingerprint density at radius 3 is 2.35 bits per heavy atom. The number of carbonyl (C=O) groups is 4. The van der Waals surface area contributed by atoms with Crippen molar-refractivity contribution in [2.24, 2.45) is 0 Å². The molecule has 1 aliphatic rings. The van der Waals surface area contributed by atoms with Crippen LogP contribution in [0.3, 0.4) is 0 Å². The third kappa shape index (κ3) is 7.54. The molecule has 1 heterocycles. The van der Waals surface area contributed by atoms with E-state index in [0.717, 1.165) is 6.42 Å². The van der Waals surface area contributed by atoms with Gasteiger partial charge in [0.05, 0.1) is 12.1 Å². The number of aliphatic hydroxyl groups excluding tert-OH is 1. The molecule has 0 saturated carbocycles. The molecule has 0 spiro atoms. The minimum atomic E-state index is -1.30. The van der Waals surface area contributed by atoms with Crippen LogP contribution in [0.15, 0.2) is 24.3 Å². The molecule has 0 aliphatic carbocycles. The second-order valence-electron chi connectivity index (χ2n) is 7.42. The Kier molecular flexibility index (Phi) is 8.76. The zero-order valence-corrected chi connectivity index (χ0v) is 17.1. The Morgan fingerprint density at radius 1 is 1.13 bits per heavy atom. The Morgan fingerprint density at radius 2 is 1.81 bits per heavy atom. The van der Waals surface area contributed by atoms with E-state index in [1.165, 1.54) is 19.1 Å². The average molecular weight is 436 g/mol. The molecule has 1 aliphatic heterocycles. The van der Waals surface area contributed by atoms with Gasteiger partial charge in [-0.05, 0) is 44.0 Å². The zero-order chi connectivity index (χ0) is 23.0. The molecule has 1 aromatic carbocycles. The first-order chi connectivity index (χ1) is 14.7.